The Kier molecular flexibility index (Phi) is 4.74. The average molecular weight is 288 g/mol. The number of nitrogens with zero attached hydrogens (tertiary/aromatic N) is 1. The smallest absolute Gasteiger partial charge is 0.306 e. The Labute approximate surface area is 115 Å². The highest BCUT2D eigenvalue weighted by Gasteiger charge is 2.23. The summed E-state index contributed by atoms with van der Waals surface area (Å²) >= 11 is 5.70. The van der Waals surface area contributed by atoms with E-state index in [1.807, 2.05) is 4.90 Å². The summed E-state index contributed by atoms with van der Waals surface area (Å²) in [5.41, 5.74) is 0.556. The Balaban J connectivity index is 1.96. The maximum absolute atomic E-state index is 13.7. The number of carboxylic acids is 1. The van der Waals surface area contributed by atoms with Crippen molar-refractivity contribution in [2.75, 3.05) is 19.7 Å². The number of morpholine rings is 1. The van der Waals surface area contributed by atoms with Crippen LogP contribution in [0.4, 0.5) is 4.39 Å². The molecule has 1 fully saturated rings. The van der Waals surface area contributed by atoms with E-state index in [0.717, 1.165) is 0 Å². The van der Waals surface area contributed by atoms with Crippen LogP contribution < -0.4 is 0 Å². The van der Waals surface area contributed by atoms with Gasteiger partial charge in [0.15, 0.2) is 0 Å². The third-order valence-electron chi connectivity index (χ3n) is 3.03. The molecular formula is C13H15ClFNO3. The van der Waals surface area contributed by atoms with E-state index in [-0.39, 0.29) is 18.3 Å². The fourth-order valence-corrected chi connectivity index (χ4v) is 2.29. The first-order chi connectivity index (χ1) is 9.04. The molecular weight excluding hydrogens is 273 g/mol. The number of carbonyl (C=O) groups is 1. The molecule has 1 saturated heterocycles. The predicted octanol–water partition coefficient (Wildman–Crippen LogP) is 2.15. The Bertz CT molecular complexity index is 469. The van der Waals surface area contributed by atoms with E-state index < -0.39 is 5.97 Å². The molecule has 2 rings (SSSR count). The van der Waals surface area contributed by atoms with Gasteiger partial charge in [0.1, 0.15) is 5.82 Å². The lowest BCUT2D eigenvalue weighted by Crippen LogP contribution is -2.42. The molecule has 1 aromatic rings. The van der Waals surface area contributed by atoms with Gasteiger partial charge in [0, 0.05) is 30.2 Å². The summed E-state index contributed by atoms with van der Waals surface area (Å²) in [7, 11) is 0. The summed E-state index contributed by atoms with van der Waals surface area (Å²) in [6.45, 7) is 2.06. The van der Waals surface area contributed by atoms with E-state index in [9.17, 15) is 9.18 Å². The van der Waals surface area contributed by atoms with Crippen LogP contribution in [0.3, 0.4) is 0 Å². The first-order valence-corrected chi connectivity index (χ1v) is 6.42. The Morgan fingerprint density at radius 3 is 3.05 bits per heavy atom. The Hall–Kier alpha value is -1.17. The highest BCUT2D eigenvalue weighted by molar-refractivity contribution is 6.30. The molecule has 1 aliphatic heterocycles. The second-order valence-corrected chi connectivity index (χ2v) is 5.00. The zero-order valence-corrected chi connectivity index (χ0v) is 11.1. The van der Waals surface area contributed by atoms with Crippen LogP contribution >= 0.6 is 11.6 Å². The predicted molar refractivity (Wildman–Crippen MR) is 68.7 cm³/mol. The number of benzene rings is 1. The molecule has 1 aromatic carbocycles. The number of hydrogen-bond acceptors (Lipinski definition) is 3. The highest BCUT2D eigenvalue weighted by Crippen LogP contribution is 2.18. The topological polar surface area (TPSA) is 49.8 Å². The molecule has 0 radical (unpaired) electrons. The van der Waals surface area contributed by atoms with Gasteiger partial charge >= 0.3 is 5.97 Å². The highest BCUT2D eigenvalue weighted by atomic mass is 35.5. The van der Waals surface area contributed by atoms with Gasteiger partial charge in [-0.05, 0) is 12.1 Å². The fraction of sp³-hybridized carbons (Fsp3) is 0.462. The zero-order valence-electron chi connectivity index (χ0n) is 10.3. The van der Waals surface area contributed by atoms with Crippen molar-refractivity contribution in [2.45, 2.75) is 19.1 Å². The Morgan fingerprint density at radius 1 is 1.58 bits per heavy atom. The molecule has 6 heteroatoms. The number of carboxylic acid groups (broad SMARTS) is 1. The normalized spacial score (nSPS) is 20.4. The van der Waals surface area contributed by atoms with Crippen molar-refractivity contribution in [2.24, 2.45) is 0 Å². The minimum atomic E-state index is -0.885. The number of hydrogen-bond donors (Lipinski definition) is 1. The van der Waals surface area contributed by atoms with E-state index >= 15 is 0 Å². The van der Waals surface area contributed by atoms with Crippen molar-refractivity contribution in [3.63, 3.8) is 0 Å². The van der Waals surface area contributed by atoms with Gasteiger partial charge in [0.2, 0.25) is 0 Å². The maximum Gasteiger partial charge on any atom is 0.306 e. The molecule has 0 bridgehead atoms. The van der Waals surface area contributed by atoms with Crippen LogP contribution in [-0.4, -0.2) is 41.8 Å². The molecule has 0 aromatic heterocycles. The lowest BCUT2D eigenvalue weighted by atomic mass is 10.1. The number of aliphatic carboxylic acids is 1. The van der Waals surface area contributed by atoms with Gasteiger partial charge in [0.05, 0.1) is 19.1 Å². The molecule has 1 N–H and O–H groups in total. The van der Waals surface area contributed by atoms with Crippen molar-refractivity contribution in [3.8, 4) is 0 Å². The molecule has 4 nitrogen and oxygen atoms in total. The van der Waals surface area contributed by atoms with E-state index in [4.69, 9.17) is 21.4 Å². The standard InChI is InChI=1S/C13H15ClFNO3/c14-10-2-1-9(12(15)5-10)7-16-3-4-19-11(8-16)6-13(17)18/h1-2,5,11H,3-4,6-8H2,(H,17,18). The lowest BCUT2D eigenvalue weighted by Gasteiger charge is -2.32. The molecule has 0 spiro atoms. The zero-order chi connectivity index (χ0) is 13.8. The monoisotopic (exact) mass is 287 g/mol. The minimum Gasteiger partial charge on any atom is -0.481 e. The van der Waals surface area contributed by atoms with Crippen molar-refractivity contribution >= 4 is 17.6 Å². The third-order valence-corrected chi connectivity index (χ3v) is 3.27. The molecule has 19 heavy (non-hydrogen) atoms. The second kappa shape index (κ2) is 6.32. The van der Waals surface area contributed by atoms with Gasteiger partial charge in [0.25, 0.3) is 0 Å². The van der Waals surface area contributed by atoms with Crippen molar-refractivity contribution in [1.82, 2.24) is 4.90 Å². The molecule has 1 unspecified atom stereocenters. The van der Waals surface area contributed by atoms with Crippen molar-refractivity contribution in [3.05, 3.63) is 34.6 Å². The number of halogens is 2. The first-order valence-electron chi connectivity index (χ1n) is 6.04. The fourth-order valence-electron chi connectivity index (χ4n) is 2.13. The van der Waals surface area contributed by atoms with Crippen LogP contribution in [0.25, 0.3) is 0 Å². The first kappa shape index (κ1) is 14.2. The molecule has 0 amide bonds. The largest absolute Gasteiger partial charge is 0.481 e. The van der Waals surface area contributed by atoms with Crippen LogP contribution in [-0.2, 0) is 16.1 Å². The van der Waals surface area contributed by atoms with Crippen LogP contribution in [0.2, 0.25) is 5.02 Å². The van der Waals surface area contributed by atoms with Crippen LogP contribution in [0.1, 0.15) is 12.0 Å². The lowest BCUT2D eigenvalue weighted by molar-refractivity contribution is -0.142. The quantitative estimate of drug-likeness (QED) is 0.922. The average Bonchev–Trinajstić information content (AvgIpc) is 2.32. The van der Waals surface area contributed by atoms with Gasteiger partial charge in [-0.15, -0.1) is 0 Å². The maximum atomic E-state index is 13.7. The number of rotatable bonds is 4. The van der Waals surface area contributed by atoms with Crippen LogP contribution in [0, 0.1) is 5.82 Å². The molecule has 0 saturated carbocycles. The molecule has 1 atom stereocenters. The summed E-state index contributed by atoms with van der Waals surface area (Å²) in [5, 5.41) is 9.11. The minimum absolute atomic E-state index is 0.0282. The summed E-state index contributed by atoms with van der Waals surface area (Å²) < 4.78 is 19.0. The van der Waals surface area contributed by atoms with Gasteiger partial charge in [-0.3, -0.25) is 9.69 Å². The summed E-state index contributed by atoms with van der Waals surface area (Å²) in [6, 6.07) is 4.58. The van der Waals surface area contributed by atoms with Crippen molar-refractivity contribution in [1.29, 1.82) is 0 Å². The SMILES string of the molecule is O=C(O)CC1CN(Cc2ccc(Cl)cc2F)CCO1. The van der Waals surface area contributed by atoms with Crippen LogP contribution in [0.5, 0.6) is 0 Å². The molecule has 1 aliphatic rings. The summed E-state index contributed by atoms with van der Waals surface area (Å²) in [6.07, 6.45) is -0.360. The second-order valence-electron chi connectivity index (χ2n) is 4.56. The van der Waals surface area contributed by atoms with E-state index in [1.54, 1.807) is 12.1 Å². The Morgan fingerprint density at radius 2 is 2.37 bits per heavy atom. The summed E-state index contributed by atoms with van der Waals surface area (Å²) in [4.78, 5) is 12.6. The molecule has 1 heterocycles. The van der Waals surface area contributed by atoms with E-state index in [2.05, 4.69) is 0 Å². The van der Waals surface area contributed by atoms with Crippen molar-refractivity contribution < 1.29 is 19.0 Å². The van der Waals surface area contributed by atoms with E-state index in [0.29, 0.717) is 36.8 Å². The van der Waals surface area contributed by atoms with Gasteiger partial charge in [-0.1, -0.05) is 17.7 Å². The van der Waals surface area contributed by atoms with Gasteiger partial charge < -0.3 is 9.84 Å². The van der Waals surface area contributed by atoms with Crippen LogP contribution in [0.15, 0.2) is 18.2 Å². The van der Waals surface area contributed by atoms with Gasteiger partial charge in [-0.2, -0.15) is 0 Å². The number of ether oxygens (including phenoxy) is 1. The third kappa shape index (κ3) is 4.16. The molecule has 0 aliphatic carbocycles. The van der Waals surface area contributed by atoms with Gasteiger partial charge in [-0.25, -0.2) is 4.39 Å². The van der Waals surface area contributed by atoms with E-state index in [1.165, 1.54) is 6.07 Å². The molecule has 104 valence electrons. The summed E-state index contributed by atoms with van der Waals surface area (Å²) in [5.74, 6) is -1.22.